The summed E-state index contributed by atoms with van der Waals surface area (Å²) in [5, 5.41) is 6.90. The van der Waals surface area contributed by atoms with Crippen LogP contribution in [-0.4, -0.2) is 43.1 Å². The number of imide groups is 1. The summed E-state index contributed by atoms with van der Waals surface area (Å²) in [6.45, 7) is 3.32. The molecule has 0 bridgehead atoms. The van der Waals surface area contributed by atoms with E-state index in [9.17, 15) is 19.2 Å². The molecule has 0 unspecified atom stereocenters. The van der Waals surface area contributed by atoms with Gasteiger partial charge in [0.1, 0.15) is 0 Å². The van der Waals surface area contributed by atoms with Crippen LogP contribution in [0.15, 0.2) is 24.3 Å². The maximum atomic E-state index is 12.8. The van der Waals surface area contributed by atoms with Gasteiger partial charge < -0.3 is 15.8 Å². The molecule has 29 heavy (non-hydrogen) atoms. The van der Waals surface area contributed by atoms with Gasteiger partial charge >= 0.3 is 0 Å². The van der Waals surface area contributed by atoms with Gasteiger partial charge in [0.2, 0.25) is 0 Å². The van der Waals surface area contributed by atoms with E-state index in [-0.39, 0.29) is 22.2 Å². The Balaban J connectivity index is 2.04. The molecule has 8 nitrogen and oxygen atoms in total. The second-order valence-electron chi connectivity index (χ2n) is 6.79. The summed E-state index contributed by atoms with van der Waals surface area (Å²) < 4.78 is 5.29. The number of hydrogen-bond acceptors (Lipinski definition) is 7. The molecule has 8 heteroatoms. The minimum atomic E-state index is -0.820. The molecule has 1 aliphatic heterocycles. The van der Waals surface area contributed by atoms with E-state index in [1.54, 1.807) is 24.3 Å². The first-order valence-electron chi connectivity index (χ1n) is 9.31. The molecule has 2 amide bonds. The van der Waals surface area contributed by atoms with Gasteiger partial charge in [-0.05, 0) is 30.9 Å². The number of benzene rings is 2. The molecule has 0 fully saturated rings. The summed E-state index contributed by atoms with van der Waals surface area (Å²) in [7, 11) is 0. The highest BCUT2D eigenvalue weighted by molar-refractivity contribution is 6.62. The summed E-state index contributed by atoms with van der Waals surface area (Å²) >= 11 is 0. The van der Waals surface area contributed by atoms with Gasteiger partial charge in [0.25, 0.3) is 23.4 Å². The Morgan fingerprint density at radius 2 is 1.90 bits per heavy atom. The number of nitrogens with one attached hydrogen (secondary N) is 2. The normalized spacial score (nSPS) is 15.6. The molecule has 148 valence electrons. The van der Waals surface area contributed by atoms with Crippen molar-refractivity contribution in [2.75, 3.05) is 19.8 Å². The van der Waals surface area contributed by atoms with Crippen molar-refractivity contribution in [3.63, 3.8) is 0 Å². The minimum Gasteiger partial charge on any atom is -0.395 e. The SMILES string of the molecule is CCOCCCNC1=c2c3c4c(cccc4cc2=C(N)C(=O)C1=O)C(=O)NC3=O. The van der Waals surface area contributed by atoms with E-state index in [1.807, 2.05) is 6.92 Å². The molecule has 0 spiro atoms. The van der Waals surface area contributed by atoms with Crippen LogP contribution in [0, 0.1) is 0 Å². The predicted octanol–water partition coefficient (Wildman–Crippen LogP) is -0.933. The molecule has 0 radical (unpaired) electrons. The first-order chi connectivity index (χ1) is 14.0. The lowest BCUT2D eigenvalue weighted by Gasteiger charge is -2.21. The van der Waals surface area contributed by atoms with Crippen LogP contribution in [0.3, 0.4) is 0 Å². The topological polar surface area (TPSA) is 128 Å². The molecule has 0 saturated carbocycles. The number of hydrogen-bond donors (Lipinski definition) is 3. The van der Waals surface area contributed by atoms with Crippen molar-refractivity contribution in [1.29, 1.82) is 0 Å². The Morgan fingerprint density at radius 1 is 1.10 bits per heavy atom. The number of rotatable bonds is 6. The second kappa shape index (κ2) is 7.14. The summed E-state index contributed by atoms with van der Waals surface area (Å²) in [6.07, 6.45) is 0.603. The lowest BCUT2D eigenvalue weighted by molar-refractivity contribution is -0.130. The number of Topliss-reactive ketones (excluding diaryl/α,β-unsaturated/α-hetero) is 2. The molecule has 4 N–H and O–H groups in total. The van der Waals surface area contributed by atoms with Crippen LogP contribution in [0.2, 0.25) is 0 Å². The van der Waals surface area contributed by atoms with Crippen LogP contribution in [0.4, 0.5) is 0 Å². The van der Waals surface area contributed by atoms with Gasteiger partial charge in [0, 0.05) is 41.1 Å². The van der Waals surface area contributed by atoms with Gasteiger partial charge in [0.05, 0.1) is 17.0 Å². The predicted molar refractivity (Wildman–Crippen MR) is 105 cm³/mol. The first-order valence-corrected chi connectivity index (χ1v) is 9.31. The van der Waals surface area contributed by atoms with E-state index >= 15 is 0 Å². The Morgan fingerprint density at radius 3 is 2.66 bits per heavy atom. The molecule has 2 aromatic carbocycles. The fraction of sp³-hybridized carbons (Fsp3) is 0.238. The van der Waals surface area contributed by atoms with Gasteiger partial charge in [-0.15, -0.1) is 0 Å². The van der Waals surface area contributed by atoms with Crippen LogP contribution in [0.25, 0.3) is 22.2 Å². The Hall–Kier alpha value is -3.52. The van der Waals surface area contributed by atoms with Crippen molar-refractivity contribution in [2.45, 2.75) is 13.3 Å². The number of fused-ring (bicyclic) bond motifs is 2. The molecule has 4 rings (SSSR count). The third-order valence-electron chi connectivity index (χ3n) is 5.05. The van der Waals surface area contributed by atoms with Crippen molar-refractivity contribution in [1.82, 2.24) is 10.6 Å². The van der Waals surface area contributed by atoms with E-state index in [0.29, 0.717) is 47.7 Å². The summed E-state index contributed by atoms with van der Waals surface area (Å²) in [5.41, 5.74) is 6.28. The third kappa shape index (κ3) is 2.89. The third-order valence-corrected chi connectivity index (χ3v) is 5.05. The fourth-order valence-electron chi connectivity index (χ4n) is 3.75. The van der Waals surface area contributed by atoms with Gasteiger partial charge in [0.15, 0.2) is 0 Å². The quantitative estimate of drug-likeness (QED) is 0.329. The lowest BCUT2D eigenvalue weighted by Crippen LogP contribution is -2.51. The average Bonchev–Trinajstić information content (AvgIpc) is 2.71. The highest BCUT2D eigenvalue weighted by atomic mass is 16.5. The molecule has 2 aliphatic rings. The van der Waals surface area contributed by atoms with E-state index in [4.69, 9.17) is 10.5 Å². The van der Waals surface area contributed by atoms with E-state index in [2.05, 4.69) is 10.6 Å². The number of ketones is 2. The Kier molecular flexibility index (Phi) is 4.63. The standard InChI is InChI=1S/C21H19N3O5/c1-2-29-8-4-7-23-17-14-12(16(22)18(25)19(17)26)9-10-5-3-6-11-13(10)15(14)21(28)24-20(11)27/h3,5-6,9,23H,2,4,7-8,22H2,1H3,(H,24,27,28). The zero-order valence-corrected chi connectivity index (χ0v) is 15.8. The molecule has 2 aromatic rings. The number of carbonyl (C=O) groups excluding carboxylic acids is 4. The van der Waals surface area contributed by atoms with Gasteiger partial charge in [-0.2, -0.15) is 0 Å². The molecule has 0 aromatic heterocycles. The number of nitrogens with two attached hydrogens (primary N) is 1. The average molecular weight is 393 g/mol. The highest BCUT2D eigenvalue weighted by Gasteiger charge is 2.33. The van der Waals surface area contributed by atoms with Crippen LogP contribution < -0.4 is 26.8 Å². The maximum absolute atomic E-state index is 12.8. The highest BCUT2D eigenvalue weighted by Crippen LogP contribution is 2.24. The van der Waals surface area contributed by atoms with Crippen LogP contribution in [-0.2, 0) is 14.3 Å². The van der Waals surface area contributed by atoms with Crippen molar-refractivity contribution in [3.05, 3.63) is 45.8 Å². The maximum Gasteiger partial charge on any atom is 0.259 e. The molecule has 0 saturated heterocycles. The van der Waals surface area contributed by atoms with Gasteiger partial charge in [-0.3, -0.25) is 24.5 Å². The first kappa shape index (κ1) is 18.8. The fourth-order valence-corrected chi connectivity index (χ4v) is 3.75. The molecular weight excluding hydrogens is 374 g/mol. The number of ether oxygens (including phenoxy) is 1. The lowest BCUT2D eigenvalue weighted by atomic mass is 9.88. The zero-order valence-electron chi connectivity index (χ0n) is 15.8. The Labute approximate surface area is 165 Å². The van der Waals surface area contributed by atoms with Crippen LogP contribution in [0.5, 0.6) is 0 Å². The van der Waals surface area contributed by atoms with E-state index in [0.717, 1.165) is 0 Å². The van der Waals surface area contributed by atoms with Crippen molar-refractivity contribution in [2.24, 2.45) is 5.73 Å². The Bertz CT molecular complexity index is 1230. The van der Waals surface area contributed by atoms with Gasteiger partial charge in [-0.1, -0.05) is 12.1 Å². The molecule has 1 heterocycles. The second-order valence-corrected chi connectivity index (χ2v) is 6.79. The van der Waals surface area contributed by atoms with Crippen molar-refractivity contribution in [3.8, 4) is 0 Å². The summed E-state index contributed by atoms with van der Waals surface area (Å²) in [5.74, 6) is -2.75. The summed E-state index contributed by atoms with van der Waals surface area (Å²) in [6, 6.07) is 6.67. The minimum absolute atomic E-state index is 0.0203. The largest absolute Gasteiger partial charge is 0.395 e. The van der Waals surface area contributed by atoms with Crippen LogP contribution >= 0.6 is 0 Å². The van der Waals surface area contributed by atoms with Gasteiger partial charge in [-0.25, -0.2) is 0 Å². The number of amides is 2. The molecule has 0 atom stereocenters. The smallest absolute Gasteiger partial charge is 0.259 e. The van der Waals surface area contributed by atoms with Crippen molar-refractivity contribution >= 4 is 45.5 Å². The molecular formula is C21H19N3O5. The zero-order chi connectivity index (χ0) is 20.7. The monoisotopic (exact) mass is 393 g/mol. The van der Waals surface area contributed by atoms with E-state index < -0.39 is 23.4 Å². The molecule has 1 aliphatic carbocycles. The van der Waals surface area contributed by atoms with Crippen molar-refractivity contribution < 1.29 is 23.9 Å². The number of carbonyl (C=O) groups is 4. The summed E-state index contributed by atoms with van der Waals surface area (Å²) in [4.78, 5) is 50.2. The van der Waals surface area contributed by atoms with Crippen LogP contribution in [0.1, 0.15) is 34.1 Å². The van der Waals surface area contributed by atoms with E-state index in [1.165, 1.54) is 0 Å².